The molecule has 0 saturated carbocycles. The van der Waals surface area contributed by atoms with Gasteiger partial charge in [-0.3, -0.25) is 0 Å². The summed E-state index contributed by atoms with van der Waals surface area (Å²) in [7, 11) is 0. The Kier molecular flexibility index (Phi) is 6.76. The highest BCUT2D eigenvalue weighted by Crippen LogP contribution is 2.25. The molecule has 5 nitrogen and oxygen atoms in total. The average molecular weight is 286 g/mol. The molecule has 2 N–H and O–H groups in total. The summed E-state index contributed by atoms with van der Waals surface area (Å²) in [6, 6.07) is 0. The summed E-state index contributed by atoms with van der Waals surface area (Å²) in [4.78, 5) is 13.9. The number of amides is 1. The van der Waals surface area contributed by atoms with Crippen molar-refractivity contribution in [1.82, 2.24) is 4.90 Å². The summed E-state index contributed by atoms with van der Waals surface area (Å²) in [5, 5.41) is 0. The molecule has 1 saturated heterocycles. The fourth-order valence-electron chi connectivity index (χ4n) is 2.64. The summed E-state index contributed by atoms with van der Waals surface area (Å²) < 4.78 is 11.2. The lowest BCUT2D eigenvalue weighted by Gasteiger charge is -2.37. The van der Waals surface area contributed by atoms with Crippen LogP contribution >= 0.6 is 0 Å². The Morgan fingerprint density at radius 2 is 2.15 bits per heavy atom. The molecule has 0 radical (unpaired) electrons. The fraction of sp³-hybridized carbons (Fsp3) is 0.933. The van der Waals surface area contributed by atoms with Gasteiger partial charge in [0.15, 0.2) is 0 Å². The van der Waals surface area contributed by atoms with Gasteiger partial charge in [0.25, 0.3) is 0 Å². The van der Waals surface area contributed by atoms with Gasteiger partial charge in [0.2, 0.25) is 0 Å². The van der Waals surface area contributed by atoms with Crippen LogP contribution in [0.4, 0.5) is 4.79 Å². The van der Waals surface area contributed by atoms with Crippen LogP contribution in [-0.4, -0.2) is 48.9 Å². The van der Waals surface area contributed by atoms with E-state index in [4.69, 9.17) is 15.2 Å². The second-order valence-corrected chi connectivity index (χ2v) is 6.40. The molecule has 0 aromatic carbocycles. The second kappa shape index (κ2) is 7.84. The standard InChI is InChI=1S/C15H30N2O3/c1-5-19-13(8-9-16)12-7-6-10-17(11-12)14(18)20-15(2,3)4/h12-13H,5-11,16H2,1-4H3. The third-order valence-electron chi connectivity index (χ3n) is 3.47. The van der Waals surface area contributed by atoms with Crippen LogP contribution in [0.1, 0.15) is 47.0 Å². The maximum absolute atomic E-state index is 12.1. The van der Waals surface area contributed by atoms with Gasteiger partial charge in [-0.1, -0.05) is 0 Å². The molecule has 1 rings (SSSR count). The number of ether oxygens (including phenoxy) is 2. The molecule has 0 aromatic rings. The largest absolute Gasteiger partial charge is 0.444 e. The third-order valence-corrected chi connectivity index (χ3v) is 3.47. The number of hydrogen-bond acceptors (Lipinski definition) is 4. The number of hydrogen-bond donors (Lipinski definition) is 1. The Bertz CT molecular complexity index is 296. The van der Waals surface area contributed by atoms with E-state index in [1.807, 2.05) is 32.6 Å². The van der Waals surface area contributed by atoms with Crippen LogP contribution in [0.25, 0.3) is 0 Å². The number of carbonyl (C=O) groups excluding carboxylic acids is 1. The molecule has 1 amide bonds. The van der Waals surface area contributed by atoms with Crippen molar-refractivity contribution in [3.63, 3.8) is 0 Å². The first-order valence-electron chi connectivity index (χ1n) is 7.67. The molecule has 1 aliphatic rings. The van der Waals surface area contributed by atoms with Crippen LogP contribution in [0.2, 0.25) is 0 Å². The first-order valence-corrected chi connectivity index (χ1v) is 7.67. The monoisotopic (exact) mass is 286 g/mol. The van der Waals surface area contributed by atoms with Gasteiger partial charge >= 0.3 is 6.09 Å². The van der Waals surface area contributed by atoms with E-state index in [1.54, 1.807) is 0 Å². The smallest absolute Gasteiger partial charge is 0.410 e. The highest BCUT2D eigenvalue weighted by Gasteiger charge is 2.31. The second-order valence-electron chi connectivity index (χ2n) is 6.40. The van der Waals surface area contributed by atoms with E-state index in [-0.39, 0.29) is 12.2 Å². The molecule has 1 heterocycles. The lowest BCUT2D eigenvalue weighted by Crippen LogP contribution is -2.46. The Morgan fingerprint density at radius 1 is 1.45 bits per heavy atom. The topological polar surface area (TPSA) is 64.8 Å². The Labute approximate surface area is 122 Å². The van der Waals surface area contributed by atoms with Crippen LogP contribution in [0.5, 0.6) is 0 Å². The van der Waals surface area contributed by atoms with Crippen molar-refractivity contribution in [2.24, 2.45) is 11.7 Å². The number of likely N-dealkylation sites (tertiary alicyclic amines) is 1. The lowest BCUT2D eigenvalue weighted by atomic mass is 9.91. The molecule has 1 fully saturated rings. The first-order chi connectivity index (χ1) is 9.37. The van der Waals surface area contributed by atoms with Crippen molar-refractivity contribution in [2.75, 3.05) is 26.2 Å². The average Bonchev–Trinajstić information content (AvgIpc) is 2.37. The van der Waals surface area contributed by atoms with E-state index in [1.165, 1.54) is 0 Å². The lowest BCUT2D eigenvalue weighted by molar-refractivity contribution is -0.0224. The summed E-state index contributed by atoms with van der Waals surface area (Å²) in [6.45, 7) is 10.5. The number of piperidine rings is 1. The van der Waals surface area contributed by atoms with Crippen LogP contribution in [-0.2, 0) is 9.47 Å². The maximum Gasteiger partial charge on any atom is 0.410 e. The Hall–Kier alpha value is -0.810. The molecule has 2 atom stereocenters. The minimum atomic E-state index is -0.444. The molecule has 0 bridgehead atoms. The summed E-state index contributed by atoms with van der Waals surface area (Å²) >= 11 is 0. The Balaban J connectivity index is 2.58. The molecular weight excluding hydrogens is 256 g/mol. The van der Waals surface area contributed by atoms with Crippen LogP contribution in [0.15, 0.2) is 0 Å². The van der Waals surface area contributed by atoms with Gasteiger partial charge in [-0.15, -0.1) is 0 Å². The quantitative estimate of drug-likeness (QED) is 0.843. The van der Waals surface area contributed by atoms with Crippen molar-refractivity contribution in [1.29, 1.82) is 0 Å². The van der Waals surface area contributed by atoms with E-state index in [0.29, 0.717) is 25.6 Å². The maximum atomic E-state index is 12.1. The summed E-state index contributed by atoms with van der Waals surface area (Å²) in [5.41, 5.74) is 5.21. The highest BCUT2D eigenvalue weighted by atomic mass is 16.6. The number of rotatable bonds is 5. The molecule has 0 aliphatic carbocycles. The molecule has 118 valence electrons. The van der Waals surface area contributed by atoms with Gasteiger partial charge in [-0.25, -0.2) is 4.79 Å². The van der Waals surface area contributed by atoms with E-state index >= 15 is 0 Å². The van der Waals surface area contributed by atoms with Gasteiger partial charge in [-0.05, 0) is 53.5 Å². The van der Waals surface area contributed by atoms with Crippen molar-refractivity contribution in [3.05, 3.63) is 0 Å². The molecule has 5 heteroatoms. The van der Waals surface area contributed by atoms with Crippen molar-refractivity contribution in [3.8, 4) is 0 Å². The van der Waals surface area contributed by atoms with Crippen molar-refractivity contribution < 1.29 is 14.3 Å². The molecule has 20 heavy (non-hydrogen) atoms. The van der Waals surface area contributed by atoms with Crippen LogP contribution in [0, 0.1) is 5.92 Å². The minimum Gasteiger partial charge on any atom is -0.444 e. The van der Waals surface area contributed by atoms with Gasteiger partial charge in [0, 0.05) is 25.6 Å². The van der Waals surface area contributed by atoms with E-state index in [0.717, 1.165) is 25.8 Å². The highest BCUT2D eigenvalue weighted by molar-refractivity contribution is 5.68. The third kappa shape index (κ3) is 5.67. The van der Waals surface area contributed by atoms with E-state index in [2.05, 4.69) is 0 Å². The van der Waals surface area contributed by atoms with Gasteiger partial charge in [0.05, 0.1) is 6.10 Å². The van der Waals surface area contributed by atoms with Crippen LogP contribution < -0.4 is 5.73 Å². The molecule has 0 spiro atoms. The first kappa shape index (κ1) is 17.2. The Morgan fingerprint density at radius 3 is 2.70 bits per heavy atom. The predicted molar refractivity (Wildman–Crippen MR) is 79.6 cm³/mol. The van der Waals surface area contributed by atoms with E-state index in [9.17, 15) is 4.79 Å². The summed E-state index contributed by atoms with van der Waals surface area (Å²) in [6.07, 6.45) is 2.86. The predicted octanol–water partition coefficient (Wildman–Crippen LogP) is 2.39. The number of nitrogens with two attached hydrogens (primary N) is 1. The zero-order valence-electron chi connectivity index (χ0n) is 13.4. The number of nitrogens with zero attached hydrogens (tertiary/aromatic N) is 1. The molecule has 2 unspecified atom stereocenters. The molecule has 0 aromatic heterocycles. The molecule has 1 aliphatic heterocycles. The summed E-state index contributed by atoms with van der Waals surface area (Å²) in [5.74, 6) is 0.361. The van der Waals surface area contributed by atoms with Gasteiger partial charge < -0.3 is 20.1 Å². The normalized spacial score (nSPS) is 21.6. The van der Waals surface area contributed by atoms with Crippen molar-refractivity contribution in [2.45, 2.75) is 58.7 Å². The molecular formula is C15H30N2O3. The fourth-order valence-corrected chi connectivity index (χ4v) is 2.64. The van der Waals surface area contributed by atoms with Gasteiger partial charge in [0.1, 0.15) is 5.60 Å². The van der Waals surface area contributed by atoms with E-state index < -0.39 is 5.60 Å². The van der Waals surface area contributed by atoms with Crippen molar-refractivity contribution >= 4 is 6.09 Å². The number of carbonyl (C=O) groups is 1. The zero-order valence-corrected chi connectivity index (χ0v) is 13.4. The SMILES string of the molecule is CCOC(CCN)C1CCCN(C(=O)OC(C)(C)C)C1. The van der Waals surface area contributed by atoms with Gasteiger partial charge in [-0.2, -0.15) is 0 Å². The zero-order chi connectivity index (χ0) is 15.2. The van der Waals surface area contributed by atoms with Crippen LogP contribution in [0.3, 0.4) is 0 Å². The minimum absolute atomic E-state index is 0.148.